The maximum atomic E-state index is 11.2. The summed E-state index contributed by atoms with van der Waals surface area (Å²) in [5.41, 5.74) is 5.38. The largest absolute Gasteiger partial charge is 0.381 e. The number of amides is 1. The fraction of sp³-hybridized carbons (Fsp3) is 0.900. The minimum Gasteiger partial charge on any atom is -0.381 e. The lowest BCUT2D eigenvalue weighted by Gasteiger charge is -2.10. The van der Waals surface area contributed by atoms with Crippen LogP contribution in [0.25, 0.3) is 0 Å². The third-order valence-corrected chi connectivity index (χ3v) is 2.28. The average molecular weight is 237 g/mol. The quantitative estimate of drug-likeness (QED) is 0.640. The molecule has 1 saturated carbocycles. The normalized spacial score (nSPS) is 16.7. The van der Waals surface area contributed by atoms with Crippen LogP contribution in [0.3, 0.4) is 0 Å². The number of ether oxygens (including phenoxy) is 1. The van der Waals surface area contributed by atoms with Gasteiger partial charge in [-0.05, 0) is 25.7 Å². The second-order valence-corrected chi connectivity index (χ2v) is 3.97. The molecule has 4 nitrogen and oxygen atoms in total. The first-order chi connectivity index (χ1) is 6.72. The molecule has 0 aromatic carbocycles. The Labute approximate surface area is 97.3 Å². The van der Waals surface area contributed by atoms with Gasteiger partial charge in [-0.3, -0.25) is 4.79 Å². The molecular weight excluding hydrogens is 216 g/mol. The highest BCUT2D eigenvalue weighted by Crippen LogP contribution is 2.28. The van der Waals surface area contributed by atoms with Crippen LogP contribution in [0.1, 0.15) is 26.2 Å². The maximum absolute atomic E-state index is 11.2. The fourth-order valence-corrected chi connectivity index (χ4v) is 1.11. The molecule has 0 aromatic rings. The molecule has 0 unspecified atom stereocenters. The van der Waals surface area contributed by atoms with Gasteiger partial charge < -0.3 is 15.8 Å². The van der Waals surface area contributed by atoms with E-state index in [4.69, 9.17) is 10.5 Å². The lowest BCUT2D eigenvalue weighted by Crippen LogP contribution is -2.38. The second-order valence-electron chi connectivity index (χ2n) is 3.97. The number of nitrogens with one attached hydrogen (secondary N) is 1. The number of hydrogen-bond acceptors (Lipinski definition) is 3. The molecule has 90 valence electrons. The summed E-state index contributed by atoms with van der Waals surface area (Å²) in [6, 6.07) is 0.0610. The topological polar surface area (TPSA) is 64.3 Å². The predicted octanol–water partition coefficient (Wildman–Crippen LogP) is 0.688. The summed E-state index contributed by atoms with van der Waals surface area (Å²) < 4.78 is 5.35. The third-order valence-electron chi connectivity index (χ3n) is 2.28. The van der Waals surface area contributed by atoms with Gasteiger partial charge in [0.15, 0.2) is 0 Å². The Hall–Kier alpha value is -0.320. The van der Waals surface area contributed by atoms with Crippen molar-refractivity contribution in [2.45, 2.75) is 32.2 Å². The van der Waals surface area contributed by atoms with E-state index in [-0.39, 0.29) is 24.4 Å². The van der Waals surface area contributed by atoms with Crippen LogP contribution in [0.15, 0.2) is 0 Å². The molecule has 0 heterocycles. The van der Waals surface area contributed by atoms with Crippen LogP contribution in [0, 0.1) is 5.92 Å². The Morgan fingerprint density at radius 3 is 2.80 bits per heavy atom. The molecule has 1 aliphatic carbocycles. The van der Waals surface area contributed by atoms with Crippen LogP contribution in [0.5, 0.6) is 0 Å². The third kappa shape index (κ3) is 7.59. The number of carbonyl (C=O) groups is 1. The lowest BCUT2D eigenvalue weighted by atomic mass is 10.3. The Morgan fingerprint density at radius 1 is 1.60 bits per heavy atom. The van der Waals surface area contributed by atoms with Crippen molar-refractivity contribution in [1.82, 2.24) is 5.32 Å². The molecule has 1 fully saturated rings. The van der Waals surface area contributed by atoms with Crippen molar-refractivity contribution in [2.75, 3.05) is 19.8 Å². The number of rotatable bonds is 7. The number of halogens is 1. The maximum Gasteiger partial charge on any atom is 0.222 e. The smallest absolute Gasteiger partial charge is 0.222 e. The van der Waals surface area contributed by atoms with E-state index in [2.05, 4.69) is 5.32 Å². The second kappa shape index (κ2) is 7.91. The van der Waals surface area contributed by atoms with Gasteiger partial charge in [-0.1, -0.05) is 0 Å². The molecule has 3 N–H and O–H groups in total. The van der Waals surface area contributed by atoms with Crippen molar-refractivity contribution < 1.29 is 9.53 Å². The van der Waals surface area contributed by atoms with Gasteiger partial charge >= 0.3 is 0 Å². The minimum absolute atomic E-state index is 0. The molecule has 0 radical (unpaired) electrons. The average Bonchev–Trinajstić information content (AvgIpc) is 2.96. The molecule has 1 aliphatic rings. The molecule has 0 saturated heterocycles. The first kappa shape index (κ1) is 14.7. The summed E-state index contributed by atoms with van der Waals surface area (Å²) in [6.07, 6.45) is 3.02. The molecule has 1 rings (SSSR count). The number of nitrogens with two attached hydrogens (primary N) is 1. The highest BCUT2D eigenvalue weighted by molar-refractivity contribution is 5.85. The highest BCUT2D eigenvalue weighted by atomic mass is 35.5. The van der Waals surface area contributed by atoms with Crippen LogP contribution >= 0.6 is 12.4 Å². The van der Waals surface area contributed by atoms with Gasteiger partial charge in [0.1, 0.15) is 0 Å². The standard InChI is InChI=1S/C10H20N2O2.ClH/c1-8(6-11)12-10(13)4-5-14-7-9-2-3-9;/h8-9H,2-7,11H2,1H3,(H,12,13);1H/t8-;/m0./s1. The number of carbonyl (C=O) groups excluding carboxylic acids is 1. The van der Waals surface area contributed by atoms with Crippen molar-refractivity contribution >= 4 is 18.3 Å². The summed E-state index contributed by atoms with van der Waals surface area (Å²) in [5.74, 6) is 0.791. The predicted molar refractivity (Wildman–Crippen MR) is 62.1 cm³/mol. The Morgan fingerprint density at radius 2 is 2.27 bits per heavy atom. The molecule has 0 aromatic heterocycles. The molecular formula is C10H21ClN2O2. The van der Waals surface area contributed by atoms with E-state index in [1.165, 1.54) is 12.8 Å². The molecule has 1 amide bonds. The van der Waals surface area contributed by atoms with Crippen LogP contribution in [-0.4, -0.2) is 31.7 Å². The Bertz CT molecular complexity index is 186. The van der Waals surface area contributed by atoms with Gasteiger partial charge in [-0.2, -0.15) is 0 Å². The monoisotopic (exact) mass is 236 g/mol. The highest BCUT2D eigenvalue weighted by Gasteiger charge is 2.21. The first-order valence-corrected chi connectivity index (χ1v) is 5.29. The zero-order valence-electron chi connectivity index (χ0n) is 9.20. The summed E-state index contributed by atoms with van der Waals surface area (Å²) in [5, 5.41) is 2.79. The number of hydrogen-bond donors (Lipinski definition) is 2. The molecule has 15 heavy (non-hydrogen) atoms. The van der Waals surface area contributed by atoms with Crippen molar-refractivity contribution in [3.8, 4) is 0 Å². The van der Waals surface area contributed by atoms with E-state index >= 15 is 0 Å². The summed E-state index contributed by atoms with van der Waals surface area (Å²) >= 11 is 0. The van der Waals surface area contributed by atoms with Gasteiger partial charge in [-0.15, -0.1) is 12.4 Å². The van der Waals surface area contributed by atoms with Crippen LogP contribution in [0.4, 0.5) is 0 Å². The van der Waals surface area contributed by atoms with E-state index in [1.807, 2.05) is 6.92 Å². The molecule has 0 spiro atoms. The van der Waals surface area contributed by atoms with E-state index in [0.29, 0.717) is 19.6 Å². The van der Waals surface area contributed by atoms with Crippen molar-refractivity contribution in [2.24, 2.45) is 11.7 Å². The van der Waals surface area contributed by atoms with Gasteiger partial charge in [-0.25, -0.2) is 0 Å². The molecule has 5 heteroatoms. The van der Waals surface area contributed by atoms with Crippen LogP contribution in [0.2, 0.25) is 0 Å². The Kier molecular flexibility index (Phi) is 7.74. The summed E-state index contributed by atoms with van der Waals surface area (Å²) in [7, 11) is 0. The fourth-order valence-electron chi connectivity index (χ4n) is 1.11. The van der Waals surface area contributed by atoms with Crippen LogP contribution < -0.4 is 11.1 Å². The van der Waals surface area contributed by atoms with Gasteiger partial charge in [0.25, 0.3) is 0 Å². The van der Waals surface area contributed by atoms with Gasteiger partial charge in [0.2, 0.25) is 5.91 Å². The van der Waals surface area contributed by atoms with E-state index < -0.39 is 0 Å². The summed E-state index contributed by atoms with van der Waals surface area (Å²) in [6.45, 7) is 3.72. The van der Waals surface area contributed by atoms with Crippen molar-refractivity contribution in [1.29, 1.82) is 0 Å². The van der Waals surface area contributed by atoms with Crippen LogP contribution in [-0.2, 0) is 9.53 Å². The molecule has 0 bridgehead atoms. The van der Waals surface area contributed by atoms with Gasteiger partial charge in [0.05, 0.1) is 6.61 Å². The zero-order chi connectivity index (χ0) is 10.4. The molecule has 1 atom stereocenters. The minimum atomic E-state index is 0. The molecule has 0 aliphatic heterocycles. The SMILES string of the molecule is C[C@@H](CN)NC(=O)CCOCC1CC1.Cl. The lowest BCUT2D eigenvalue weighted by molar-refractivity contribution is -0.122. The zero-order valence-corrected chi connectivity index (χ0v) is 10.0. The van der Waals surface area contributed by atoms with Gasteiger partial charge in [0, 0.05) is 25.6 Å². The van der Waals surface area contributed by atoms with Crippen molar-refractivity contribution in [3.05, 3.63) is 0 Å². The van der Waals surface area contributed by atoms with Crippen molar-refractivity contribution in [3.63, 3.8) is 0 Å². The van der Waals surface area contributed by atoms with E-state index in [9.17, 15) is 4.79 Å². The first-order valence-electron chi connectivity index (χ1n) is 5.29. The summed E-state index contributed by atoms with van der Waals surface area (Å²) in [4.78, 5) is 11.2. The van der Waals surface area contributed by atoms with E-state index in [1.54, 1.807) is 0 Å². The van der Waals surface area contributed by atoms with E-state index in [0.717, 1.165) is 12.5 Å². The Balaban J connectivity index is 0.00000196.